The second kappa shape index (κ2) is 7.90. The van der Waals surface area contributed by atoms with Crippen molar-refractivity contribution < 1.29 is 30.8 Å². The van der Waals surface area contributed by atoms with Crippen molar-refractivity contribution in [3.63, 3.8) is 0 Å². The lowest BCUT2D eigenvalue weighted by molar-refractivity contribution is -0.0442. The summed E-state index contributed by atoms with van der Waals surface area (Å²) in [5, 5.41) is 3.89. The van der Waals surface area contributed by atoms with Crippen LogP contribution in [0, 0.1) is 5.82 Å². The number of sulfonamides is 1. The highest BCUT2D eigenvalue weighted by atomic mass is 32.2. The molecule has 12 heteroatoms. The molecule has 0 saturated carbocycles. The number of aromatic nitrogens is 1. The normalized spacial score (nSPS) is 28.4. The standard InChI is InChI=1S/C19H20F4N4O3S/c1-31(28,29)26-16-9-27(8-15(16)23)17-6-19(10-20,30-25-17)18-13(5-11(21)7-24-18)12-3-2-4-14(12)22/h2,4-5,7,15-16,26H,3,6,8-10H2,1H3/t15-,16+,19?/m0/s1. The van der Waals surface area contributed by atoms with Gasteiger partial charge in [-0.05, 0) is 18.6 Å². The zero-order chi connectivity index (χ0) is 22.4. The van der Waals surface area contributed by atoms with E-state index in [1.807, 2.05) is 0 Å². The van der Waals surface area contributed by atoms with Crippen LogP contribution >= 0.6 is 0 Å². The summed E-state index contributed by atoms with van der Waals surface area (Å²) in [6.07, 6.45) is 3.15. The Bertz CT molecular complexity index is 1090. The Balaban J connectivity index is 1.60. The van der Waals surface area contributed by atoms with Crippen LogP contribution < -0.4 is 4.72 Å². The number of pyridine rings is 1. The van der Waals surface area contributed by atoms with Gasteiger partial charge in [0.25, 0.3) is 0 Å². The summed E-state index contributed by atoms with van der Waals surface area (Å²) in [7, 11) is -3.62. The summed E-state index contributed by atoms with van der Waals surface area (Å²) in [6, 6.07) is 0.0871. The first kappa shape index (κ1) is 21.8. The molecule has 1 aromatic rings. The number of allylic oxidation sites excluding steroid dienone is 4. The molecule has 1 fully saturated rings. The van der Waals surface area contributed by atoms with E-state index in [2.05, 4.69) is 14.9 Å². The molecular weight excluding hydrogens is 440 g/mol. The van der Waals surface area contributed by atoms with E-state index >= 15 is 0 Å². The minimum atomic E-state index is -3.62. The minimum Gasteiger partial charge on any atom is -0.378 e. The molecule has 1 aliphatic carbocycles. The molecule has 0 aromatic carbocycles. The highest BCUT2D eigenvalue weighted by Gasteiger charge is 2.48. The van der Waals surface area contributed by atoms with Gasteiger partial charge in [0, 0.05) is 17.7 Å². The van der Waals surface area contributed by atoms with Gasteiger partial charge in [-0.25, -0.2) is 30.7 Å². The Morgan fingerprint density at radius 3 is 2.77 bits per heavy atom. The number of hydrogen-bond donors (Lipinski definition) is 1. The van der Waals surface area contributed by atoms with Crippen LogP contribution in [0.4, 0.5) is 17.6 Å². The first-order chi connectivity index (χ1) is 14.6. The third-order valence-electron chi connectivity index (χ3n) is 5.45. The number of amidine groups is 1. The second-order valence-corrected chi connectivity index (χ2v) is 9.58. The largest absolute Gasteiger partial charge is 0.378 e. The van der Waals surface area contributed by atoms with E-state index in [4.69, 9.17) is 4.84 Å². The molecule has 1 aromatic heterocycles. The average molecular weight is 460 g/mol. The van der Waals surface area contributed by atoms with E-state index in [1.54, 1.807) is 6.08 Å². The summed E-state index contributed by atoms with van der Waals surface area (Å²) in [4.78, 5) is 10.9. The topological polar surface area (TPSA) is 83.9 Å². The molecule has 0 spiro atoms. The SMILES string of the molecule is CS(=O)(=O)N[C@@H]1CN(C2=NOC(CF)(c3ncc(F)cc3C3=C(F)C=CC3)C2)C[C@@H]1F. The molecule has 3 aliphatic rings. The fourth-order valence-corrected chi connectivity index (χ4v) is 4.77. The molecule has 3 atom stereocenters. The number of oxime groups is 1. The molecule has 3 heterocycles. The summed E-state index contributed by atoms with van der Waals surface area (Å²) in [5.41, 5.74) is -1.50. The highest BCUT2D eigenvalue weighted by Crippen LogP contribution is 2.42. The van der Waals surface area contributed by atoms with Gasteiger partial charge in [0.05, 0.1) is 37.2 Å². The summed E-state index contributed by atoms with van der Waals surface area (Å²) >= 11 is 0. The zero-order valence-corrected chi connectivity index (χ0v) is 17.3. The summed E-state index contributed by atoms with van der Waals surface area (Å²) in [5.74, 6) is -1.08. The van der Waals surface area contributed by atoms with E-state index in [0.29, 0.717) is 0 Å². The van der Waals surface area contributed by atoms with Crippen LogP contribution in [0.2, 0.25) is 0 Å². The number of nitrogens with zero attached hydrogens (tertiary/aromatic N) is 3. The molecule has 2 aliphatic heterocycles. The molecule has 31 heavy (non-hydrogen) atoms. The third kappa shape index (κ3) is 4.18. The van der Waals surface area contributed by atoms with Crippen molar-refractivity contribution in [2.75, 3.05) is 26.0 Å². The number of rotatable bonds is 5. The van der Waals surface area contributed by atoms with Crippen molar-refractivity contribution in [2.24, 2.45) is 5.16 Å². The van der Waals surface area contributed by atoms with Crippen molar-refractivity contribution in [2.45, 2.75) is 30.7 Å². The van der Waals surface area contributed by atoms with Crippen LogP contribution in [-0.4, -0.2) is 62.4 Å². The Morgan fingerprint density at radius 2 is 2.13 bits per heavy atom. The van der Waals surface area contributed by atoms with Crippen LogP contribution in [0.1, 0.15) is 24.1 Å². The maximum atomic E-state index is 14.3. The molecular formula is C19H20F4N4O3S. The van der Waals surface area contributed by atoms with Crippen LogP contribution in [0.25, 0.3) is 5.57 Å². The Hall–Kier alpha value is -2.47. The summed E-state index contributed by atoms with van der Waals surface area (Å²) < 4.78 is 81.8. The van der Waals surface area contributed by atoms with Gasteiger partial charge in [-0.1, -0.05) is 11.2 Å². The highest BCUT2D eigenvalue weighted by molar-refractivity contribution is 7.88. The molecule has 0 amide bonds. The molecule has 0 radical (unpaired) electrons. The maximum absolute atomic E-state index is 14.3. The zero-order valence-electron chi connectivity index (χ0n) is 16.5. The molecule has 1 N–H and O–H groups in total. The predicted molar refractivity (Wildman–Crippen MR) is 105 cm³/mol. The van der Waals surface area contributed by atoms with Crippen molar-refractivity contribution in [3.05, 3.63) is 47.3 Å². The van der Waals surface area contributed by atoms with E-state index < -0.39 is 46.2 Å². The smallest absolute Gasteiger partial charge is 0.215 e. The number of hydrogen-bond acceptors (Lipinski definition) is 6. The van der Waals surface area contributed by atoms with Crippen molar-refractivity contribution in [1.29, 1.82) is 0 Å². The first-order valence-corrected chi connectivity index (χ1v) is 11.4. The van der Waals surface area contributed by atoms with Gasteiger partial charge >= 0.3 is 0 Å². The van der Waals surface area contributed by atoms with Gasteiger partial charge < -0.3 is 9.74 Å². The monoisotopic (exact) mass is 460 g/mol. The summed E-state index contributed by atoms with van der Waals surface area (Å²) in [6.45, 7) is -1.27. The Labute approximate surface area is 176 Å². The average Bonchev–Trinajstić information content (AvgIpc) is 3.40. The molecule has 168 valence electrons. The lowest BCUT2D eigenvalue weighted by Crippen LogP contribution is -2.41. The number of nitrogens with one attached hydrogen (secondary N) is 1. The van der Waals surface area contributed by atoms with Gasteiger partial charge in [0.2, 0.25) is 15.6 Å². The fraction of sp³-hybridized carbons (Fsp3) is 0.474. The lowest BCUT2D eigenvalue weighted by Gasteiger charge is -2.26. The van der Waals surface area contributed by atoms with E-state index in [9.17, 15) is 26.0 Å². The van der Waals surface area contributed by atoms with E-state index in [-0.39, 0.29) is 48.6 Å². The van der Waals surface area contributed by atoms with Gasteiger partial charge in [-0.3, -0.25) is 4.98 Å². The van der Waals surface area contributed by atoms with E-state index in [0.717, 1.165) is 18.5 Å². The Morgan fingerprint density at radius 1 is 1.35 bits per heavy atom. The van der Waals surface area contributed by atoms with Crippen molar-refractivity contribution in [1.82, 2.24) is 14.6 Å². The fourth-order valence-electron chi connectivity index (χ4n) is 4.00. The second-order valence-electron chi connectivity index (χ2n) is 7.80. The molecule has 7 nitrogen and oxygen atoms in total. The maximum Gasteiger partial charge on any atom is 0.215 e. The van der Waals surface area contributed by atoms with Crippen LogP contribution in [-0.2, 0) is 20.5 Å². The third-order valence-corrected chi connectivity index (χ3v) is 6.18. The van der Waals surface area contributed by atoms with Crippen molar-refractivity contribution >= 4 is 21.4 Å². The molecule has 0 bridgehead atoms. The van der Waals surface area contributed by atoms with E-state index in [1.165, 1.54) is 11.0 Å². The first-order valence-electron chi connectivity index (χ1n) is 9.51. The number of alkyl halides is 2. The minimum absolute atomic E-state index is 0.00851. The van der Waals surface area contributed by atoms with Gasteiger partial charge in [0.1, 0.15) is 30.3 Å². The molecule has 1 saturated heterocycles. The predicted octanol–water partition coefficient (Wildman–Crippen LogP) is 2.33. The van der Waals surface area contributed by atoms with Gasteiger partial charge in [0.15, 0.2) is 0 Å². The number of halogens is 4. The van der Waals surface area contributed by atoms with Crippen molar-refractivity contribution in [3.8, 4) is 0 Å². The molecule has 4 rings (SSSR count). The Kier molecular flexibility index (Phi) is 5.54. The number of likely N-dealkylation sites (tertiary alicyclic amines) is 1. The quantitative estimate of drug-likeness (QED) is 0.682. The van der Waals surface area contributed by atoms with Gasteiger partial charge in [-0.15, -0.1) is 0 Å². The lowest BCUT2D eigenvalue weighted by atomic mass is 9.89. The van der Waals surface area contributed by atoms with Crippen LogP contribution in [0.5, 0.6) is 0 Å². The van der Waals surface area contributed by atoms with Crippen LogP contribution in [0.15, 0.2) is 35.4 Å². The van der Waals surface area contributed by atoms with Crippen LogP contribution in [0.3, 0.4) is 0 Å². The van der Waals surface area contributed by atoms with Gasteiger partial charge in [-0.2, -0.15) is 0 Å². The molecule has 1 unspecified atom stereocenters.